The lowest BCUT2D eigenvalue weighted by atomic mass is 10.1. The molecule has 0 aliphatic rings. The van der Waals surface area contributed by atoms with E-state index in [1.807, 2.05) is 31.2 Å². The molecule has 0 aliphatic carbocycles. The van der Waals surface area contributed by atoms with Crippen LogP contribution in [0.1, 0.15) is 24.9 Å². The van der Waals surface area contributed by atoms with Crippen molar-refractivity contribution < 1.29 is 4.74 Å². The lowest BCUT2D eigenvalue weighted by Crippen LogP contribution is -2.08. The molecule has 0 aromatic heterocycles. The molecule has 0 radical (unpaired) electrons. The zero-order valence-corrected chi connectivity index (χ0v) is 13.1. The predicted octanol–water partition coefficient (Wildman–Crippen LogP) is 5.85. The first-order chi connectivity index (χ1) is 9.51. The molecule has 0 saturated heterocycles. The molecule has 2 N–H and O–H groups in total. The van der Waals surface area contributed by atoms with Crippen molar-refractivity contribution in [2.45, 2.75) is 19.4 Å². The minimum atomic E-state index is 0.0395. The summed E-state index contributed by atoms with van der Waals surface area (Å²) < 4.78 is 5.70. The zero-order chi connectivity index (χ0) is 14.7. The summed E-state index contributed by atoms with van der Waals surface area (Å²) >= 11 is 17.9. The highest BCUT2D eigenvalue weighted by Crippen LogP contribution is 2.36. The van der Waals surface area contributed by atoms with E-state index in [9.17, 15) is 0 Å². The largest absolute Gasteiger partial charge is 0.456 e. The monoisotopic (exact) mass is 329 g/mol. The van der Waals surface area contributed by atoms with Gasteiger partial charge in [-0.2, -0.15) is 0 Å². The number of hydrogen-bond acceptors (Lipinski definition) is 2. The van der Waals surface area contributed by atoms with Gasteiger partial charge in [-0.05, 0) is 30.2 Å². The first kappa shape index (κ1) is 15.5. The van der Waals surface area contributed by atoms with E-state index < -0.39 is 0 Å². The third-order valence-corrected chi connectivity index (χ3v) is 3.97. The van der Waals surface area contributed by atoms with Crippen molar-refractivity contribution in [1.29, 1.82) is 0 Å². The Morgan fingerprint density at radius 1 is 1.00 bits per heavy atom. The molecule has 0 unspecified atom stereocenters. The van der Waals surface area contributed by atoms with Crippen LogP contribution in [0, 0.1) is 0 Å². The summed E-state index contributed by atoms with van der Waals surface area (Å²) in [5.41, 5.74) is 7.03. The average molecular weight is 331 g/mol. The molecule has 0 saturated carbocycles. The van der Waals surface area contributed by atoms with Gasteiger partial charge in [0.1, 0.15) is 11.5 Å². The SMILES string of the molecule is CC[C@H](N)c1ccc(Oc2cc(Cl)c(Cl)cc2Cl)cc1. The smallest absolute Gasteiger partial charge is 0.147 e. The van der Waals surface area contributed by atoms with Crippen LogP contribution in [0.15, 0.2) is 36.4 Å². The van der Waals surface area contributed by atoms with Gasteiger partial charge in [0, 0.05) is 12.1 Å². The highest BCUT2D eigenvalue weighted by atomic mass is 35.5. The van der Waals surface area contributed by atoms with Crippen molar-refractivity contribution in [2.75, 3.05) is 0 Å². The summed E-state index contributed by atoms with van der Waals surface area (Å²) in [4.78, 5) is 0. The second-order valence-corrected chi connectivity index (χ2v) is 5.60. The van der Waals surface area contributed by atoms with E-state index in [0.29, 0.717) is 26.6 Å². The van der Waals surface area contributed by atoms with Crippen molar-refractivity contribution in [3.8, 4) is 11.5 Å². The Morgan fingerprint density at radius 3 is 2.20 bits per heavy atom. The quantitative estimate of drug-likeness (QED) is 0.714. The number of ether oxygens (including phenoxy) is 1. The Kier molecular flexibility index (Phi) is 5.17. The normalized spacial score (nSPS) is 12.2. The lowest BCUT2D eigenvalue weighted by molar-refractivity contribution is 0.482. The molecule has 0 spiro atoms. The number of halogens is 3. The van der Waals surface area contributed by atoms with E-state index >= 15 is 0 Å². The highest BCUT2D eigenvalue weighted by molar-refractivity contribution is 6.43. The number of rotatable bonds is 4. The molecule has 0 fully saturated rings. The molecule has 1 atom stereocenters. The van der Waals surface area contributed by atoms with Gasteiger partial charge in [-0.1, -0.05) is 53.9 Å². The summed E-state index contributed by atoms with van der Waals surface area (Å²) in [6.45, 7) is 2.05. The van der Waals surface area contributed by atoms with Gasteiger partial charge in [-0.3, -0.25) is 0 Å². The Morgan fingerprint density at radius 2 is 1.60 bits per heavy atom. The topological polar surface area (TPSA) is 35.2 Å². The summed E-state index contributed by atoms with van der Waals surface area (Å²) in [5, 5.41) is 1.21. The molecule has 5 heteroatoms. The third-order valence-electron chi connectivity index (χ3n) is 2.95. The van der Waals surface area contributed by atoms with Crippen LogP contribution in [-0.4, -0.2) is 0 Å². The van der Waals surface area contributed by atoms with Crippen LogP contribution in [0.5, 0.6) is 11.5 Å². The molecule has 0 bridgehead atoms. The Hall–Kier alpha value is -0.930. The van der Waals surface area contributed by atoms with Gasteiger partial charge in [-0.25, -0.2) is 0 Å². The Bertz CT molecular complexity index is 599. The maximum absolute atomic E-state index is 6.07. The predicted molar refractivity (Wildman–Crippen MR) is 85.2 cm³/mol. The molecule has 2 aromatic carbocycles. The second-order valence-electron chi connectivity index (χ2n) is 4.38. The zero-order valence-electron chi connectivity index (χ0n) is 10.9. The average Bonchev–Trinajstić information content (AvgIpc) is 2.44. The fraction of sp³-hybridized carbons (Fsp3) is 0.200. The fourth-order valence-electron chi connectivity index (χ4n) is 1.73. The van der Waals surface area contributed by atoms with Gasteiger partial charge in [0.25, 0.3) is 0 Å². The van der Waals surface area contributed by atoms with Gasteiger partial charge in [-0.15, -0.1) is 0 Å². The van der Waals surface area contributed by atoms with Crippen molar-refractivity contribution in [3.05, 3.63) is 57.0 Å². The maximum Gasteiger partial charge on any atom is 0.147 e. The van der Waals surface area contributed by atoms with Gasteiger partial charge in [0.05, 0.1) is 15.1 Å². The van der Waals surface area contributed by atoms with E-state index in [1.54, 1.807) is 12.1 Å². The van der Waals surface area contributed by atoms with Gasteiger partial charge >= 0.3 is 0 Å². The van der Waals surface area contributed by atoms with Crippen LogP contribution >= 0.6 is 34.8 Å². The van der Waals surface area contributed by atoms with Crippen LogP contribution in [-0.2, 0) is 0 Å². The summed E-state index contributed by atoms with van der Waals surface area (Å²) in [7, 11) is 0. The molecular weight excluding hydrogens is 317 g/mol. The number of hydrogen-bond donors (Lipinski definition) is 1. The summed E-state index contributed by atoms with van der Waals surface area (Å²) in [6, 6.07) is 10.8. The van der Waals surface area contributed by atoms with Crippen LogP contribution in [0.3, 0.4) is 0 Å². The Labute approximate surface area is 133 Å². The van der Waals surface area contributed by atoms with E-state index in [4.69, 9.17) is 45.3 Å². The minimum absolute atomic E-state index is 0.0395. The lowest BCUT2D eigenvalue weighted by Gasteiger charge is -2.12. The molecule has 2 rings (SSSR count). The van der Waals surface area contributed by atoms with Crippen LogP contribution in [0.2, 0.25) is 15.1 Å². The van der Waals surface area contributed by atoms with Crippen molar-refractivity contribution >= 4 is 34.8 Å². The van der Waals surface area contributed by atoms with Crippen molar-refractivity contribution in [1.82, 2.24) is 0 Å². The molecule has 2 aromatic rings. The molecular formula is C15H14Cl3NO. The third kappa shape index (κ3) is 3.58. The van der Waals surface area contributed by atoms with Crippen LogP contribution < -0.4 is 10.5 Å². The van der Waals surface area contributed by atoms with Gasteiger partial charge in [0.15, 0.2) is 0 Å². The van der Waals surface area contributed by atoms with Gasteiger partial charge < -0.3 is 10.5 Å². The van der Waals surface area contributed by atoms with Crippen LogP contribution in [0.4, 0.5) is 0 Å². The number of benzene rings is 2. The summed E-state index contributed by atoms with van der Waals surface area (Å²) in [6.07, 6.45) is 0.888. The Balaban J connectivity index is 2.20. The molecule has 20 heavy (non-hydrogen) atoms. The molecule has 0 aliphatic heterocycles. The maximum atomic E-state index is 6.07. The number of nitrogens with two attached hydrogens (primary N) is 1. The minimum Gasteiger partial charge on any atom is -0.456 e. The molecule has 106 valence electrons. The van der Waals surface area contributed by atoms with E-state index in [0.717, 1.165) is 12.0 Å². The van der Waals surface area contributed by atoms with E-state index in [-0.39, 0.29) is 6.04 Å². The second kappa shape index (κ2) is 6.68. The molecule has 0 heterocycles. The van der Waals surface area contributed by atoms with Crippen molar-refractivity contribution in [3.63, 3.8) is 0 Å². The van der Waals surface area contributed by atoms with Gasteiger partial charge in [0.2, 0.25) is 0 Å². The van der Waals surface area contributed by atoms with E-state index in [1.165, 1.54) is 0 Å². The standard InChI is InChI=1S/C15H14Cl3NO/c1-2-14(19)9-3-5-10(6-4-9)20-15-8-12(17)11(16)7-13(15)18/h3-8,14H,2,19H2,1H3/t14-/m0/s1. The molecule has 0 amide bonds. The highest BCUT2D eigenvalue weighted by Gasteiger charge is 2.09. The first-order valence-corrected chi connectivity index (χ1v) is 7.32. The van der Waals surface area contributed by atoms with Crippen molar-refractivity contribution in [2.24, 2.45) is 5.73 Å². The molecule has 2 nitrogen and oxygen atoms in total. The fourth-order valence-corrected chi connectivity index (χ4v) is 2.30. The van der Waals surface area contributed by atoms with E-state index in [2.05, 4.69) is 0 Å². The first-order valence-electron chi connectivity index (χ1n) is 6.19. The summed E-state index contributed by atoms with van der Waals surface area (Å²) in [5.74, 6) is 1.13. The van der Waals surface area contributed by atoms with Crippen LogP contribution in [0.25, 0.3) is 0 Å².